The number of carbonyl (C=O) groups is 1. The smallest absolute Gasteiger partial charge is 0.324 e. The molecule has 0 fully saturated rings. The maximum atomic E-state index is 12.5. The average molecular weight is 422 g/mol. The van der Waals surface area contributed by atoms with Gasteiger partial charge in [-0.2, -0.15) is 0 Å². The molecule has 0 aliphatic rings. The second-order valence-electron chi connectivity index (χ2n) is 6.95. The van der Waals surface area contributed by atoms with Crippen LogP contribution < -0.4 is 16.0 Å². The SMILES string of the molecule is O=C(Nc1ccc(-c2ccccc2)nn1)Nc1ccccc1Nc1ccc2ncoc2c1. The highest BCUT2D eigenvalue weighted by atomic mass is 16.3. The van der Waals surface area contributed by atoms with Gasteiger partial charge in [0.1, 0.15) is 5.52 Å². The van der Waals surface area contributed by atoms with Gasteiger partial charge in [-0.15, -0.1) is 10.2 Å². The lowest BCUT2D eigenvalue weighted by molar-refractivity contribution is 0.262. The third-order valence-electron chi connectivity index (χ3n) is 4.76. The van der Waals surface area contributed by atoms with Gasteiger partial charge < -0.3 is 15.1 Å². The number of para-hydroxylation sites is 2. The van der Waals surface area contributed by atoms with E-state index in [2.05, 4.69) is 31.1 Å². The minimum absolute atomic E-state index is 0.350. The van der Waals surface area contributed by atoms with Crippen molar-refractivity contribution in [3.05, 3.63) is 91.3 Å². The van der Waals surface area contributed by atoms with Crippen molar-refractivity contribution in [3.63, 3.8) is 0 Å². The summed E-state index contributed by atoms with van der Waals surface area (Å²) in [5.74, 6) is 0.350. The summed E-state index contributed by atoms with van der Waals surface area (Å²) >= 11 is 0. The molecule has 8 nitrogen and oxygen atoms in total. The van der Waals surface area contributed by atoms with Crippen molar-refractivity contribution in [3.8, 4) is 11.3 Å². The number of anilines is 4. The molecule has 5 rings (SSSR count). The molecular formula is C24H18N6O2. The van der Waals surface area contributed by atoms with E-state index >= 15 is 0 Å². The lowest BCUT2D eigenvalue weighted by atomic mass is 10.1. The first kappa shape index (κ1) is 19.3. The summed E-state index contributed by atoms with van der Waals surface area (Å²) in [4.78, 5) is 16.7. The molecule has 0 atom stereocenters. The van der Waals surface area contributed by atoms with Crippen molar-refractivity contribution in [2.45, 2.75) is 0 Å². The molecule has 3 N–H and O–H groups in total. The molecular weight excluding hydrogens is 404 g/mol. The lowest BCUT2D eigenvalue weighted by Gasteiger charge is -2.13. The number of amides is 2. The summed E-state index contributed by atoms with van der Waals surface area (Å²) in [7, 11) is 0. The number of nitrogens with one attached hydrogen (secondary N) is 3. The maximum Gasteiger partial charge on any atom is 0.324 e. The van der Waals surface area contributed by atoms with Crippen LogP contribution in [-0.4, -0.2) is 21.2 Å². The zero-order chi connectivity index (χ0) is 21.8. The molecule has 0 saturated heterocycles. The molecule has 2 amide bonds. The molecule has 2 aromatic heterocycles. The van der Waals surface area contributed by atoms with Gasteiger partial charge in [-0.05, 0) is 36.4 Å². The van der Waals surface area contributed by atoms with Crippen LogP contribution in [0.2, 0.25) is 0 Å². The number of rotatable bonds is 5. The average Bonchev–Trinajstić information content (AvgIpc) is 3.29. The number of benzene rings is 3. The Morgan fingerprint density at radius 3 is 2.41 bits per heavy atom. The number of oxazole rings is 1. The standard InChI is InChI=1S/C24H18N6O2/c31-24(28-23-13-12-18(29-30-23)16-6-2-1-3-7-16)27-20-9-5-4-8-19(20)26-17-10-11-21-22(14-17)32-15-25-21/h1-15,26H,(H2,27,28,30,31). The van der Waals surface area contributed by atoms with E-state index in [4.69, 9.17) is 4.42 Å². The van der Waals surface area contributed by atoms with Gasteiger partial charge in [-0.3, -0.25) is 5.32 Å². The van der Waals surface area contributed by atoms with Crippen LogP contribution in [0.3, 0.4) is 0 Å². The summed E-state index contributed by atoms with van der Waals surface area (Å²) in [5.41, 5.74) is 5.29. The summed E-state index contributed by atoms with van der Waals surface area (Å²) < 4.78 is 5.35. The van der Waals surface area contributed by atoms with Crippen molar-refractivity contribution >= 4 is 40.0 Å². The number of fused-ring (bicyclic) bond motifs is 1. The first-order valence-corrected chi connectivity index (χ1v) is 9.91. The molecule has 2 heterocycles. The van der Waals surface area contributed by atoms with Gasteiger partial charge in [0.25, 0.3) is 0 Å². The van der Waals surface area contributed by atoms with Gasteiger partial charge in [0.2, 0.25) is 0 Å². The Morgan fingerprint density at radius 1 is 0.781 bits per heavy atom. The van der Waals surface area contributed by atoms with Crippen molar-refractivity contribution in [2.75, 3.05) is 16.0 Å². The molecule has 0 saturated carbocycles. The minimum Gasteiger partial charge on any atom is -0.443 e. The Morgan fingerprint density at radius 2 is 1.59 bits per heavy atom. The molecule has 0 radical (unpaired) electrons. The van der Waals surface area contributed by atoms with E-state index in [0.717, 1.165) is 28.1 Å². The van der Waals surface area contributed by atoms with Crippen LogP contribution >= 0.6 is 0 Å². The number of hydrogen-bond donors (Lipinski definition) is 3. The zero-order valence-corrected chi connectivity index (χ0v) is 16.8. The third-order valence-corrected chi connectivity index (χ3v) is 4.76. The van der Waals surface area contributed by atoms with Crippen LogP contribution in [0.15, 0.2) is 95.7 Å². The molecule has 156 valence electrons. The normalized spacial score (nSPS) is 10.6. The fourth-order valence-corrected chi connectivity index (χ4v) is 3.22. The summed E-state index contributed by atoms with van der Waals surface area (Å²) in [5, 5.41) is 17.1. The van der Waals surface area contributed by atoms with E-state index in [1.54, 1.807) is 12.1 Å². The molecule has 0 bridgehead atoms. The van der Waals surface area contributed by atoms with Crippen molar-refractivity contribution < 1.29 is 9.21 Å². The van der Waals surface area contributed by atoms with Crippen molar-refractivity contribution in [1.82, 2.24) is 15.2 Å². The first-order valence-electron chi connectivity index (χ1n) is 9.91. The molecule has 3 aromatic carbocycles. The second kappa shape index (κ2) is 8.57. The van der Waals surface area contributed by atoms with Crippen LogP contribution in [0.4, 0.5) is 27.7 Å². The van der Waals surface area contributed by atoms with Gasteiger partial charge in [0.05, 0.1) is 17.1 Å². The third kappa shape index (κ3) is 4.24. The quantitative estimate of drug-likeness (QED) is 0.337. The van der Waals surface area contributed by atoms with Crippen LogP contribution in [0.1, 0.15) is 0 Å². The van der Waals surface area contributed by atoms with Gasteiger partial charge in [-0.1, -0.05) is 42.5 Å². The Bertz CT molecular complexity index is 1370. The predicted octanol–water partition coefficient (Wildman–Crippen LogP) is 5.67. The number of aromatic nitrogens is 3. The molecule has 32 heavy (non-hydrogen) atoms. The number of nitrogens with zero attached hydrogens (tertiary/aromatic N) is 3. The van der Waals surface area contributed by atoms with Crippen LogP contribution in [-0.2, 0) is 0 Å². The van der Waals surface area contributed by atoms with E-state index in [0.29, 0.717) is 17.1 Å². The first-order chi connectivity index (χ1) is 15.7. The fraction of sp³-hybridized carbons (Fsp3) is 0. The number of hydrogen-bond acceptors (Lipinski definition) is 6. The summed E-state index contributed by atoms with van der Waals surface area (Å²) in [6.07, 6.45) is 1.41. The fourth-order valence-electron chi connectivity index (χ4n) is 3.22. The Hall–Kier alpha value is -4.72. The molecule has 0 unspecified atom stereocenters. The highest BCUT2D eigenvalue weighted by Gasteiger charge is 2.09. The van der Waals surface area contributed by atoms with Crippen molar-refractivity contribution in [2.24, 2.45) is 0 Å². The highest BCUT2D eigenvalue weighted by Crippen LogP contribution is 2.27. The van der Waals surface area contributed by atoms with E-state index in [1.165, 1.54) is 6.39 Å². The van der Waals surface area contributed by atoms with Crippen molar-refractivity contribution in [1.29, 1.82) is 0 Å². The Kier molecular flexibility index (Phi) is 5.15. The van der Waals surface area contributed by atoms with Gasteiger partial charge in [0.15, 0.2) is 17.8 Å². The molecule has 8 heteroatoms. The second-order valence-corrected chi connectivity index (χ2v) is 6.95. The summed E-state index contributed by atoms with van der Waals surface area (Å²) in [6, 6.07) is 25.8. The molecule has 0 aliphatic heterocycles. The van der Waals surface area contributed by atoms with Gasteiger partial charge >= 0.3 is 6.03 Å². The number of carbonyl (C=O) groups excluding carboxylic acids is 1. The van der Waals surface area contributed by atoms with Crippen LogP contribution in [0.25, 0.3) is 22.4 Å². The Labute approximate surface area is 183 Å². The number of urea groups is 1. The largest absolute Gasteiger partial charge is 0.443 e. The van der Waals surface area contributed by atoms with Crippen LogP contribution in [0, 0.1) is 0 Å². The predicted molar refractivity (Wildman–Crippen MR) is 124 cm³/mol. The van der Waals surface area contributed by atoms with Gasteiger partial charge in [-0.25, -0.2) is 9.78 Å². The van der Waals surface area contributed by atoms with E-state index < -0.39 is 6.03 Å². The minimum atomic E-state index is -0.424. The van der Waals surface area contributed by atoms with E-state index in [9.17, 15) is 4.79 Å². The molecule has 5 aromatic rings. The highest BCUT2D eigenvalue weighted by molar-refractivity contribution is 6.01. The zero-order valence-electron chi connectivity index (χ0n) is 16.8. The Balaban J connectivity index is 1.27. The van der Waals surface area contributed by atoms with Crippen LogP contribution in [0.5, 0.6) is 0 Å². The lowest BCUT2D eigenvalue weighted by Crippen LogP contribution is -2.20. The van der Waals surface area contributed by atoms with E-state index in [-0.39, 0.29) is 0 Å². The summed E-state index contributed by atoms with van der Waals surface area (Å²) in [6.45, 7) is 0. The van der Waals surface area contributed by atoms with Gasteiger partial charge in [0, 0.05) is 17.3 Å². The molecule has 0 spiro atoms. The topological polar surface area (TPSA) is 105 Å². The molecule has 0 aliphatic carbocycles. The monoisotopic (exact) mass is 422 g/mol. The maximum absolute atomic E-state index is 12.5. The van der Waals surface area contributed by atoms with E-state index in [1.807, 2.05) is 72.8 Å².